The highest BCUT2D eigenvalue weighted by Gasteiger charge is 2.31. The lowest BCUT2D eigenvalue weighted by Gasteiger charge is -2.26. The van der Waals surface area contributed by atoms with E-state index in [1.54, 1.807) is 25.1 Å². The largest absolute Gasteiger partial charge is 0.325 e. The van der Waals surface area contributed by atoms with Crippen LogP contribution in [-0.2, 0) is 14.4 Å². The molecule has 1 aliphatic rings. The molecule has 7 heteroatoms. The van der Waals surface area contributed by atoms with Gasteiger partial charge in [0.05, 0.1) is 11.7 Å². The number of aryl methyl sites for hydroxylation is 1. The fourth-order valence-electron chi connectivity index (χ4n) is 2.44. The molecule has 1 atom stereocenters. The van der Waals surface area contributed by atoms with E-state index in [2.05, 4.69) is 5.32 Å². The summed E-state index contributed by atoms with van der Waals surface area (Å²) in [5.74, 6) is -0.646. The number of halogens is 1. The highest BCUT2D eigenvalue weighted by atomic mass is 35.5. The molecule has 0 aliphatic carbocycles. The van der Waals surface area contributed by atoms with Crippen LogP contribution < -0.4 is 16.0 Å². The Morgan fingerprint density at radius 2 is 1.75 bits per heavy atom. The maximum Gasteiger partial charge on any atom is 0.241 e. The first-order valence-electron chi connectivity index (χ1n) is 7.64. The first-order chi connectivity index (χ1) is 10.6. The SMILES string of the molecule is Cc1cc(NC(=O)[C@@H](N)C(C)(C)C)ccc1N1C(=O)CCC1=O.Cl. The molecule has 1 aromatic carbocycles. The van der Waals surface area contributed by atoms with Crippen molar-refractivity contribution in [2.24, 2.45) is 11.1 Å². The number of anilines is 2. The number of carbonyl (C=O) groups excluding carboxylic acids is 3. The van der Waals surface area contributed by atoms with Gasteiger partial charge in [0.15, 0.2) is 0 Å². The van der Waals surface area contributed by atoms with E-state index in [-0.39, 0.29) is 48.4 Å². The summed E-state index contributed by atoms with van der Waals surface area (Å²) in [5, 5.41) is 2.78. The lowest BCUT2D eigenvalue weighted by Crippen LogP contribution is -2.45. The zero-order chi connectivity index (χ0) is 17.4. The predicted molar refractivity (Wildman–Crippen MR) is 96.2 cm³/mol. The lowest BCUT2D eigenvalue weighted by atomic mass is 9.87. The summed E-state index contributed by atoms with van der Waals surface area (Å²) < 4.78 is 0. The molecular formula is C17H24ClN3O3. The Kier molecular flexibility index (Phi) is 6.14. The van der Waals surface area contributed by atoms with Crippen molar-refractivity contribution in [3.05, 3.63) is 23.8 Å². The third-order valence-electron chi connectivity index (χ3n) is 3.97. The topological polar surface area (TPSA) is 92.5 Å². The Balaban J connectivity index is 0.00000288. The summed E-state index contributed by atoms with van der Waals surface area (Å²) in [5.41, 5.74) is 7.50. The molecular weight excluding hydrogens is 330 g/mol. The summed E-state index contributed by atoms with van der Waals surface area (Å²) in [6.45, 7) is 7.50. The zero-order valence-corrected chi connectivity index (χ0v) is 15.2. The molecule has 1 aliphatic heterocycles. The van der Waals surface area contributed by atoms with Crippen LogP contribution in [-0.4, -0.2) is 23.8 Å². The Morgan fingerprint density at radius 1 is 1.21 bits per heavy atom. The van der Waals surface area contributed by atoms with Crippen LogP contribution in [0, 0.1) is 12.3 Å². The van der Waals surface area contributed by atoms with Crippen LogP contribution in [0.15, 0.2) is 18.2 Å². The third kappa shape index (κ3) is 4.13. The van der Waals surface area contributed by atoms with Crippen LogP contribution in [0.3, 0.4) is 0 Å². The minimum absolute atomic E-state index is 0. The maximum absolute atomic E-state index is 12.2. The molecule has 0 bridgehead atoms. The van der Waals surface area contributed by atoms with Crippen molar-refractivity contribution >= 4 is 41.5 Å². The first kappa shape index (κ1) is 20.1. The molecule has 0 unspecified atom stereocenters. The average Bonchev–Trinajstić information content (AvgIpc) is 2.77. The normalized spacial score (nSPS) is 16.0. The van der Waals surface area contributed by atoms with Gasteiger partial charge in [-0.2, -0.15) is 0 Å². The number of amides is 3. The van der Waals surface area contributed by atoms with E-state index in [1.165, 1.54) is 4.90 Å². The van der Waals surface area contributed by atoms with Crippen molar-refractivity contribution in [3.63, 3.8) is 0 Å². The molecule has 0 aromatic heterocycles. The Morgan fingerprint density at radius 3 is 2.21 bits per heavy atom. The van der Waals surface area contributed by atoms with Crippen molar-refractivity contribution in [1.29, 1.82) is 0 Å². The Bertz CT molecular complexity index is 652. The maximum atomic E-state index is 12.2. The Hall–Kier alpha value is -1.92. The van der Waals surface area contributed by atoms with Crippen LogP contribution >= 0.6 is 12.4 Å². The van der Waals surface area contributed by atoms with E-state index in [0.717, 1.165) is 5.56 Å². The van der Waals surface area contributed by atoms with E-state index in [4.69, 9.17) is 5.73 Å². The minimum atomic E-state index is -0.635. The molecule has 0 spiro atoms. The van der Waals surface area contributed by atoms with Crippen LogP contribution in [0.4, 0.5) is 11.4 Å². The molecule has 1 saturated heterocycles. The molecule has 1 heterocycles. The standard InChI is InChI=1S/C17H23N3O3.ClH/c1-10-9-11(19-16(23)15(18)17(2,3)4)5-6-12(10)20-13(21)7-8-14(20)22;/h5-6,9,15H,7-8,18H2,1-4H3,(H,19,23);1H/t15-;/m1./s1. The first-order valence-corrected chi connectivity index (χ1v) is 7.64. The monoisotopic (exact) mass is 353 g/mol. The molecule has 6 nitrogen and oxygen atoms in total. The minimum Gasteiger partial charge on any atom is -0.325 e. The lowest BCUT2D eigenvalue weighted by molar-refractivity contribution is -0.121. The third-order valence-corrected chi connectivity index (χ3v) is 3.97. The van der Waals surface area contributed by atoms with E-state index >= 15 is 0 Å². The van der Waals surface area contributed by atoms with Gasteiger partial charge < -0.3 is 11.1 Å². The van der Waals surface area contributed by atoms with Crippen molar-refractivity contribution in [2.45, 2.75) is 46.6 Å². The number of benzene rings is 1. The van der Waals surface area contributed by atoms with Crippen LogP contribution in [0.5, 0.6) is 0 Å². The number of nitrogens with two attached hydrogens (primary N) is 1. The van der Waals surface area contributed by atoms with Gasteiger partial charge in [-0.15, -0.1) is 12.4 Å². The number of rotatable bonds is 3. The molecule has 132 valence electrons. The van der Waals surface area contributed by atoms with Gasteiger partial charge in [0.1, 0.15) is 0 Å². The second-order valence-corrected chi connectivity index (χ2v) is 6.96. The van der Waals surface area contributed by atoms with Crippen LogP contribution in [0.25, 0.3) is 0 Å². The average molecular weight is 354 g/mol. The smallest absolute Gasteiger partial charge is 0.241 e. The molecule has 0 saturated carbocycles. The van der Waals surface area contributed by atoms with Gasteiger partial charge in [-0.05, 0) is 36.1 Å². The number of hydrogen-bond donors (Lipinski definition) is 2. The van der Waals surface area contributed by atoms with Gasteiger partial charge in [0, 0.05) is 18.5 Å². The second-order valence-electron chi connectivity index (χ2n) is 6.96. The summed E-state index contributed by atoms with van der Waals surface area (Å²) in [6.07, 6.45) is 0.494. The quantitative estimate of drug-likeness (QED) is 0.816. The van der Waals surface area contributed by atoms with Gasteiger partial charge in [0.2, 0.25) is 17.7 Å². The second kappa shape index (κ2) is 7.32. The molecule has 1 aromatic rings. The molecule has 0 radical (unpaired) electrons. The molecule has 1 fully saturated rings. The van der Waals surface area contributed by atoms with Crippen molar-refractivity contribution in [2.75, 3.05) is 10.2 Å². The highest BCUT2D eigenvalue weighted by molar-refractivity contribution is 6.20. The molecule has 2 rings (SSSR count). The summed E-state index contributed by atoms with van der Waals surface area (Å²) in [7, 11) is 0. The van der Waals surface area contributed by atoms with Crippen molar-refractivity contribution < 1.29 is 14.4 Å². The van der Waals surface area contributed by atoms with E-state index in [0.29, 0.717) is 11.4 Å². The molecule has 24 heavy (non-hydrogen) atoms. The predicted octanol–water partition coefficient (Wildman–Crippen LogP) is 2.38. The summed E-state index contributed by atoms with van der Waals surface area (Å²) >= 11 is 0. The Labute approximate surface area is 148 Å². The van der Waals surface area contributed by atoms with Gasteiger partial charge in [-0.25, -0.2) is 0 Å². The van der Waals surface area contributed by atoms with Crippen molar-refractivity contribution in [1.82, 2.24) is 0 Å². The van der Waals surface area contributed by atoms with Crippen LogP contribution in [0.2, 0.25) is 0 Å². The fourth-order valence-corrected chi connectivity index (χ4v) is 2.44. The number of carbonyl (C=O) groups is 3. The van der Waals surface area contributed by atoms with E-state index in [9.17, 15) is 14.4 Å². The molecule has 3 N–H and O–H groups in total. The van der Waals surface area contributed by atoms with Gasteiger partial charge in [0.25, 0.3) is 0 Å². The van der Waals surface area contributed by atoms with Gasteiger partial charge >= 0.3 is 0 Å². The number of hydrogen-bond acceptors (Lipinski definition) is 4. The number of nitrogens with zero attached hydrogens (tertiary/aromatic N) is 1. The zero-order valence-electron chi connectivity index (χ0n) is 14.4. The fraction of sp³-hybridized carbons (Fsp3) is 0.471. The van der Waals surface area contributed by atoms with E-state index in [1.807, 2.05) is 20.8 Å². The summed E-state index contributed by atoms with van der Waals surface area (Å²) in [4.78, 5) is 37.0. The molecule has 3 amide bonds. The number of nitrogens with one attached hydrogen (secondary N) is 1. The van der Waals surface area contributed by atoms with Crippen molar-refractivity contribution in [3.8, 4) is 0 Å². The van der Waals surface area contributed by atoms with E-state index < -0.39 is 6.04 Å². The van der Waals surface area contributed by atoms with Gasteiger partial charge in [-0.1, -0.05) is 20.8 Å². The summed E-state index contributed by atoms with van der Waals surface area (Å²) in [6, 6.07) is 4.45. The van der Waals surface area contributed by atoms with Crippen LogP contribution in [0.1, 0.15) is 39.2 Å². The highest BCUT2D eigenvalue weighted by Crippen LogP contribution is 2.28. The number of imide groups is 1. The van der Waals surface area contributed by atoms with Gasteiger partial charge in [-0.3, -0.25) is 19.3 Å².